The van der Waals surface area contributed by atoms with E-state index in [0.29, 0.717) is 23.8 Å². The maximum atomic E-state index is 13.9. The maximum Gasteiger partial charge on any atom is 0.235 e. The van der Waals surface area contributed by atoms with E-state index in [2.05, 4.69) is 18.2 Å². The predicted molar refractivity (Wildman–Crippen MR) is 125 cm³/mol. The molecule has 0 amide bonds. The Labute approximate surface area is 190 Å². The average Bonchev–Trinajstić information content (AvgIpc) is 2.71. The predicted octanol–water partition coefficient (Wildman–Crippen LogP) is 5.64. The minimum atomic E-state index is -2.34. The standard InChI is InChI=1S/C24H42BF2NO2S/c1-16-9-10-19(21(29)15-20(24(26)27)25-11-5-12-25)14-22(16)31(30)28-13-4-8-18-7-3-6-17(2)23(18)28/h16-24,29H,3-15H2,1-2H3. The van der Waals surface area contributed by atoms with Crippen LogP contribution in [0.5, 0.6) is 0 Å². The summed E-state index contributed by atoms with van der Waals surface area (Å²) in [4.78, 5) is 0. The number of halogens is 2. The smallest absolute Gasteiger partial charge is 0.235 e. The molecule has 7 heteroatoms. The molecule has 0 aromatic rings. The Morgan fingerprint density at radius 2 is 1.77 bits per heavy atom. The van der Waals surface area contributed by atoms with Crippen LogP contribution in [0.2, 0.25) is 18.5 Å². The number of aliphatic hydroxyl groups is 1. The van der Waals surface area contributed by atoms with Crippen molar-refractivity contribution in [3.63, 3.8) is 0 Å². The first-order valence-electron chi connectivity index (χ1n) is 13.0. The van der Waals surface area contributed by atoms with Crippen molar-refractivity contribution in [1.29, 1.82) is 0 Å². The molecule has 0 spiro atoms. The van der Waals surface area contributed by atoms with Gasteiger partial charge in [0.05, 0.1) is 22.3 Å². The Kier molecular flexibility index (Phi) is 8.18. The highest BCUT2D eigenvalue weighted by Crippen LogP contribution is 2.44. The van der Waals surface area contributed by atoms with E-state index in [1.165, 1.54) is 25.7 Å². The number of fused-ring (bicyclic) bond motifs is 1. The summed E-state index contributed by atoms with van der Waals surface area (Å²) in [5.74, 6) is 0.975. The molecule has 4 fully saturated rings. The molecular formula is C24H42BF2NO2S. The Morgan fingerprint density at radius 3 is 2.45 bits per heavy atom. The van der Waals surface area contributed by atoms with E-state index in [1.54, 1.807) is 0 Å². The molecule has 4 rings (SSSR count). The minimum absolute atomic E-state index is 0.0100. The van der Waals surface area contributed by atoms with Gasteiger partial charge in [-0.05, 0) is 75.0 Å². The fourth-order valence-electron chi connectivity index (χ4n) is 7.17. The van der Waals surface area contributed by atoms with Gasteiger partial charge in [-0.2, -0.15) is 0 Å². The molecule has 178 valence electrons. The van der Waals surface area contributed by atoms with E-state index in [4.69, 9.17) is 0 Å². The van der Waals surface area contributed by atoms with Gasteiger partial charge < -0.3 is 5.11 Å². The number of alkyl halides is 2. The Morgan fingerprint density at radius 1 is 1.03 bits per heavy atom. The second-order valence-corrected chi connectivity index (χ2v) is 12.9. The Balaban J connectivity index is 1.41. The van der Waals surface area contributed by atoms with E-state index in [-0.39, 0.29) is 24.3 Å². The van der Waals surface area contributed by atoms with Gasteiger partial charge in [0.2, 0.25) is 6.43 Å². The number of nitrogens with zero attached hydrogens (tertiary/aromatic N) is 1. The van der Waals surface area contributed by atoms with E-state index >= 15 is 0 Å². The van der Waals surface area contributed by atoms with Gasteiger partial charge in [-0.3, -0.25) is 0 Å². The van der Waals surface area contributed by atoms with Crippen molar-refractivity contribution >= 4 is 17.7 Å². The van der Waals surface area contributed by atoms with Gasteiger partial charge in [0, 0.05) is 18.4 Å². The summed E-state index contributed by atoms with van der Waals surface area (Å²) in [7, 11) is -1.05. The summed E-state index contributed by atoms with van der Waals surface area (Å²) in [5, 5.41) is 11.0. The lowest BCUT2D eigenvalue weighted by Crippen LogP contribution is -2.54. The van der Waals surface area contributed by atoms with Gasteiger partial charge >= 0.3 is 0 Å². The number of rotatable bonds is 7. The van der Waals surface area contributed by atoms with Crippen molar-refractivity contribution in [2.24, 2.45) is 23.7 Å². The van der Waals surface area contributed by atoms with Crippen LogP contribution >= 0.6 is 0 Å². The van der Waals surface area contributed by atoms with Crippen LogP contribution in [0.25, 0.3) is 0 Å². The summed E-state index contributed by atoms with van der Waals surface area (Å²) < 4.78 is 43.5. The third kappa shape index (κ3) is 5.24. The van der Waals surface area contributed by atoms with Crippen LogP contribution in [0.15, 0.2) is 0 Å². The monoisotopic (exact) mass is 457 g/mol. The van der Waals surface area contributed by atoms with Crippen molar-refractivity contribution in [3.8, 4) is 0 Å². The first-order valence-corrected chi connectivity index (χ1v) is 14.2. The van der Waals surface area contributed by atoms with Crippen molar-refractivity contribution in [2.75, 3.05) is 6.54 Å². The number of piperidine rings is 1. The molecule has 2 heterocycles. The SMILES string of the molecule is CC1CCCC2CCCN(S(=O)C3CC(C(O)CC(B4CCC4)C(F)F)CCC3C)C12. The average molecular weight is 457 g/mol. The quantitative estimate of drug-likeness (QED) is 0.503. The zero-order chi connectivity index (χ0) is 22.1. The molecule has 2 saturated carbocycles. The van der Waals surface area contributed by atoms with Gasteiger partial charge in [0.1, 0.15) is 6.71 Å². The minimum Gasteiger partial charge on any atom is -0.393 e. The molecule has 2 aliphatic carbocycles. The van der Waals surface area contributed by atoms with Crippen molar-refractivity contribution < 1.29 is 18.1 Å². The highest BCUT2D eigenvalue weighted by Gasteiger charge is 2.45. The summed E-state index contributed by atoms with van der Waals surface area (Å²) in [6.45, 7) is 5.53. The van der Waals surface area contributed by atoms with Gasteiger partial charge in [-0.15, -0.1) is 0 Å². The molecule has 0 radical (unpaired) electrons. The van der Waals surface area contributed by atoms with Crippen LogP contribution < -0.4 is 0 Å². The number of aliphatic hydroxyl groups excluding tert-OH is 1. The Hall–Kier alpha value is -0.00506. The van der Waals surface area contributed by atoms with E-state index in [1.807, 2.05) is 0 Å². The Bertz CT molecular complexity index is 620. The van der Waals surface area contributed by atoms with Crippen LogP contribution in [-0.2, 0) is 11.0 Å². The lowest BCUT2D eigenvalue weighted by Gasteiger charge is -2.48. The largest absolute Gasteiger partial charge is 0.393 e. The topological polar surface area (TPSA) is 40.5 Å². The zero-order valence-electron chi connectivity index (χ0n) is 19.4. The molecule has 0 aromatic carbocycles. The third-order valence-electron chi connectivity index (χ3n) is 9.38. The number of hydrogen-bond acceptors (Lipinski definition) is 2. The summed E-state index contributed by atoms with van der Waals surface area (Å²) >= 11 is 0. The van der Waals surface area contributed by atoms with Gasteiger partial charge in [0.15, 0.2) is 0 Å². The van der Waals surface area contributed by atoms with Gasteiger partial charge in [-0.25, -0.2) is 17.3 Å². The second-order valence-electron chi connectivity index (χ2n) is 11.3. The van der Waals surface area contributed by atoms with E-state index in [0.717, 1.165) is 51.3 Å². The fraction of sp³-hybridized carbons (Fsp3) is 1.00. The zero-order valence-corrected chi connectivity index (χ0v) is 20.2. The summed E-state index contributed by atoms with van der Waals surface area (Å²) in [6, 6.07) is 0.433. The van der Waals surface area contributed by atoms with Crippen LogP contribution in [-0.4, -0.2) is 50.7 Å². The second kappa shape index (κ2) is 10.5. The van der Waals surface area contributed by atoms with Crippen LogP contribution in [0.3, 0.4) is 0 Å². The van der Waals surface area contributed by atoms with Gasteiger partial charge in [-0.1, -0.05) is 39.3 Å². The number of hydrogen-bond donors (Lipinski definition) is 1. The van der Waals surface area contributed by atoms with Crippen LogP contribution in [0.4, 0.5) is 8.78 Å². The van der Waals surface area contributed by atoms with Crippen LogP contribution in [0, 0.1) is 23.7 Å². The molecule has 2 saturated heterocycles. The molecule has 4 aliphatic rings. The fourth-order valence-corrected chi connectivity index (χ4v) is 9.39. The molecule has 0 aromatic heterocycles. The highest BCUT2D eigenvalue weighted by atomic mass is 32.2. The van der Waals surface area contributed by atoms with E-state index in [9.17, 15) is 18.1 Å². The molecule has 1 N–H and O–H groups in total. The first kappa shape index (κ1) is 24.1. The normalized spacial score (nSPS) is 40.1. The molecule has 9 unspecified atom stereocenters. The molecule has 31 heavy (non-hydrogen) atoms. The molecule has 9 atom stereocenters. The van der Waals surface area contributed by atoms with Gasteiger partial charge in [0.25, 0.3) is 0 Å². The maximum absolute atomic E-state index is 13.9. The lowest BCUT2D eigenvalue weighted by molar-refractivity contribution is 0.0433. The molecular weight excluding hydrogens is 415 g/mol. The van der Waals surface area contributed by atoms with Crippen molar-refractivity contribution in [1.82, 2.24) is 4.31 Å². The van der Waals surface area contributed by atoms with Crippen molar-refractivity contribution in [3.05, 3.63) is 0 Å². The van der Waals surface area contributed by atoms with Crippen LogP contribution in [0.1, 0.15) is 78.1 Å². The first-order chi connectivity index (χ1) is 14.9. The summed E-state index contributed by atoms with van der Waals surface area (Å²) in [5.41, 5.74) is 0. The lowest BCUT2D eigenvalue weighted by atomic mass is 9.28. The van der Waals surface area contributed by atoms with E-state index < -0.39 is 29.3 Å². The molecule has 0 bridgehead atoms. The third-order valence-corrected chi connectivity index (χ3v) is 11.4. The molecule has 2 aliphatic heterocycles. The summed E-state index contributed by atoms with van der Waals surface area (Å²) in [6.07, 6.45) is 8.71. The highest BCUT2D eigenvalue weighted by molar-refractivity contribution is 7.83. The van der Waals surface area contributed by atoms with Crippen molar-refractivity contribution in [2.45, 2.75) is 120 Å². The molecule has 3 nitrogen and oxygen atoms in total.